The average Bonchev–Trinajstić information content (AvgIpc) is 2.60. The Bertz CT molecular complexity index is 726. The molecule has 0 radical (unpaired) electrons. The molecule has 24 heavy (non-hydrogen) atoms. The Balaban J connectivity index is 2.01. The maximum atomic E-state index is 12.4. The Hall–Kier alpha value is -2.51. The van der Waals surface area contributed by atoms with E-state index in [2.05, 4.69) is 5.32 Å². The van der Waals surface area contributed by atoms with Crippen molar-refractivity contribution < 1.29 is 9.53 Å². The highest BCUT2D eigenvalue weighted by atomic mass is 35.5. The molecule has 2 rings (SSSR count). The van der Waals surface area contributed by atoms with Crippen LogP contribution in [-0.4, -0.2) is 12.0 Å². The van der Waals surface area contributed by atoms with Crippen LogP contribution in [0.15, 0.2) is 48.5 Å². The molecule has 0 aliphatic rings. The van der Waals surface area contributed by atoms with Gasteiger partial charge in [-0.05, 0) is 24.1 Å². The first kappa shape index (κ1) is 17.8. The van der Waals surface area contributed by atoms with Crippen molar-refractivity contribution in [2.75, 3.05) is 0 Å². The molecule has 0 bridgehead atoms. The van der Waals surface area contributed by atoms with Crippen molar-refractivity contribution in [2.45, 2.75) is 32.4 Å². The fourth-order valence-corrected chi connectivity index (χ4v) is 2.44. The molecule has 0 fully saturated rings. The SMILES string of the molecule is CCC[C@H](Oc1ccc(C#N)c(Cl)c1)C(=O)NCc1ccccc1. The molecule has 0 saturated carbocycles. The second-order valence-corrected chi connectivity index (χ2v) is 5.76. The van der Waals surface area contributed by atoms with E-state index < -0.39 is 6.10 Å². The quantitative estimate of drug-likeness (QED) is 0.824. The smallest absolute Gasteiger partial charge is 0.261 e. The van der Waals surface area contributed by atoms with Crippen LogP contribution >= 0.6 is 11.6 Å². The van der Waals surface area contributed by atoms with Crippen LogP contribution in [0.1, 0.15) is 30.9 Å². The van der Waals surface area contributed by atoms with Crippen molar-refractivity contribution in [2.24, 2.45) is 0 Å². The number of ether oxygens (including phenoxy) is 1. The minimum atomic E-state index is -0.595. The molecule has 2 aromatic carbocycles. The van der Waals surface area contributed by atoms with Crippen LogP contribution in [0.25, 0.3) is 0 Å². The van der Waals surface area contributed by atoms with Gasteiger partial charge in [0.15, 0.2) is 6.10 Å². The minimum absolute atomic E-state index is 0.166. The number of amides is 1. The van der Waals surface area contributed by atoms with Gasteiger partial charge in [0.2, 0.25) is 0 Å². The highest BCUT2D eigenvalue weighted by Crippen LogP contribution is 2.23. The van der Waals surface area contributed by atoms with Gasteiger partial charge < -0.3 is 10.1 Å². The lowest BCUT2D eigenvalue weighted by molar-refractivity contribution is -0.128. The number of halogens is 1. The van der Waals surface area contributed by atoms with Crippen LogP contribution in [0.3, 0.4) is 0 Å². The van der Waals surface area contributed by atoms with Gasteiger partial charge in [0, 0.05) is 12.6 Å². The van der Waals surface area contributed by atoms with Crippen molar-refractivity contribution in [3.8, 4) is 11.8 Å². The van der Waals surface area contributed by atoms with Crippen molar-refractivity contribution in [3.05, 3.63) is 64.7 Å². The number of nitrogens with zero attached hydrogens (tertiary/aromatic N) is 1. The molecule has 0 aliphatic carbocycles. The molecule has 0 saturated heterocycles. The molecule has 0 unspecified atom stereocenters. The molecular formula is C19H19ClN2O2. The second kappa shape index (κ2) is 8.95. The zero-order valence-electron chi connectivity index (χ0n) is 13.5. The van der Waals surface area contributed by atoms with Gasteiger partial charge in [-0.25, -0.2) is 0 Å². The van der Waals surface area contributed by atoms with Crippen molar-refractivity contribution >= 4 is 17.5 Å². The molecule has 1 amide bonds. The monoisotopic (exact) mass is 342 g/mol. The van der Waals surface area contributed by atoms with E-state index in [9.17, 15) is 4.79 Å². The van der Waals surface area contributed by atoms with Gasteiger partial charge >= 0.3 is 0 Å². The van der Waals surface area contributed by atoms with Crippen LogP contribution in [0.5, 0.6) is 5.75 Å². The molecule has 0 aliphatic heterocycles. The molecule has 124 valence electrons. The number of hydrogen-bond acceptors (Lipinski definition) is 3. The summed E-state index contributed by atoms with van der Waals surface area (Å²) in [6, 6.07) is 16.5. The molecule has 0 heterocycles. The summed E-state index contributed by atoms with van der Waals surface area (Å²) in [4.78, 5) is 12.4. The summed E-state index contributed by atoms with van der Waals surface area (Å²) in [7, 11) is 0. The first-order valence-corrected chi connectivity index (χ1v) is 8.19. The highest BCUT2D eigenvalue weighted by Gasteiger charge is 2.19. The van der Waals surface area contributed by atoms with Gasteiger partial charge in [-0.15, -0.1) is 0 Å². The molecular weight excluding hydrogens is 324 g/mol. The van der Waals surface area contributed by atoms with Crippen LogP contribution in [-0.2, 0) is 11.3 Å². The summed E-state index contributed by atoms with van der Waals surface area (Å²) >= 11 is 6.01. The highest BCUT2D eigenvalue weighted by molar-refractivity contribution is 6.31. The van der Waals surface area contributed by atoms with Gasteiger partial charge in [0.1, 0.15) is 11.8 Å². The summed E-state index contributed by atoms with van der Waals surface area (Å²) in [5, 5.41) is 12.1. The second-order valence-electron chi connectivity index (χ2n) is 5.35. The Labute approximate surface area is 147 Å². The maximum Gasteiger partial charge on any atom is 0.261 e. The molecule has 5 heteroatoms. The lowest BCUT2D eigenvalue weighted by Gasteiger charge is -2.18. The number of benzene rings is 2. The van der Waals surface area contributed by atoms with Crippen LogP contribution in [0.4, 0.5) is 0 Å². The fraction of sp³-hybridized carbons (Fsp3) is 0.263. The largest absolute Gasteiger partial charge is 0.481 e. The van der Waals surface area contributed by atoms with Gasteiger partial charge in [0.05, 0.1) is 10.6 Å². The molecule has 1 atom stereocenters. The molecule has 2 aromatic rings. The van der Waals surface area contributed by atoms with Gasteiger partial charge in [-0.1, -0.05) is 55.3 Å². The number of hydrogen-bond donors (Lipinski definition) is 1. The summed E-state index contributed by atoms with van der Waals surface area (Å²) in [5.41, 5.74) is 1.41. The minimum Gasteiger partial charge on any atom is -0.481 e. The van der Waals surface area contributed by atoms with E-state index in [1.165, 1.54) is 0 Å². The Morgan fingerprint density at radius 2 is 2.04 bits per heavy atom. The Morgan fingerprint density at radius 3 is 2.67 bits per heavy atom. The topological polar surface area (TPSA) is 62.1 Å². The molecule has 0 spiro atoms. The van der Waals surface area contributed by atoms with Crippen molar-refractivity contribution in [1.29, 1.82) is 5.26 Å². The summed E-state index contributed by atoms with van der Waals surface area (Å²) in [6.07, 6.45) is 0.814. The fourth-order valence-electron chi connectivity index (χ4n) is 2.23. The number of carbonyl (C=O) groups is 1. The van der Waals surface area contributed by atoms with Gasteiger partial charge in [-0.2, -0.15) is 5.26 Å². The maximum absolute atomic E-state index is 12.4. The van der Waals surface area contributed by atoms with E-state index in [-0.39, 0.29) is 5.91 Å². The summed E-state index contributed by atoms with van der Waals surface area (Å²) < 4.78 is 5.78. The van der Waals surface area contributed by atoms with Crippen molar-refractivity contribution in [1.82, 2.24) is 5.32 Å². The van der Waals surface area contributed by atoms with Crippen LogP contribution in [0.2, 0.25) is 5.02 Å². The van der Waals surface area contributed by atoms with E-state index >= 15 is 0 Å². The van der Waals surface area contributed by atoms with E-state index in [0.29, 0.717) is 29.3 Å². The van der Waals surface area contributed by atoms with E-state index in [4.69, 9.17) is 21.6 Å². The predicted octanol–water partition coefficient (Wildman–Crippen LogP) is 4.08. The zero-order valence-corrected chi connectivity index (χ0v) is 14.2. The van der Waals surface area contributed by atoms with Crippen LogP contribution < -0.4 is 10.1 Å². The lowest BCUT2D eigenvalue weighted by Crippen LogP contribution is -2.38. The zero-order chi connectivity index (χ0) is 17.4. The number of rotatable bonds is 7. The third-order valence-electron chi connectivity index (χ3n) is 3.49. The summed E-state index contributed by atoms with van der Waals surface area (Å²) in [6.45, 7) is 2.45. The van der Waals surface area contributed by atoms with E-state index in [0.717, 1.165) is 12.0 Å². The third-order valence-corrected chi connectivity index (χ3v) is 3.80. The number of carbonyl (C=O) groups excluding carboxylic acids is 1. The molecule has 4 nitrogen and oxygen atoms in total. The first-order valence-electron chi connectivity index (χ1n) is 7.82. The predicted molar refractivity (Wildman–Crippen MR) is 93.8 cm³/mol. The summed E-state index contributed by atoms with van der Waals surface area (Å²) in [5.74, 6) is 0.313. The van der Waals surface area contributed by atoms with Crippen LogP contribution in [0, 0.1) is 11.3 Å². The third kappa shape index (κ3) is 5.00. The molecule has 0 aromatic heterocycles. The first-order chi connectivity index (χ1) is 11.6. The van der Waals surface area contributed by atoms with E-state index in [1.807, 2.05) is 43.3 Å². The number of nitriles is 1. The van der Waals surface area contributed by atoms with E-state index in [1.54, 1.807) is 18.2 Å². The standard InChI is InChI=1S/C19H19ClN2O2/c1-2-6-18(19(23)22-13-14-7-4-3-5-8-14)24-16-10-9-15(12-21)17(20)11-16/h3-5,7-11,18H,2,6,13H2,1H3,(H,22,23)/t18-/m0/s1. The van der Waals surface area contributed by atoms with Crippen molar-refractivity contribution in [3.63, 3.8) is 0 Å². The normalized spacial score (nSPS) is 11.4. The molecule has 1 N–H and O–H groups in total. The lowest BCUT2D eigenvalue weighted by atomic mass is 10.1. The van der Waals surface area contributed by atoms with Gasteiger partial charge in [-0.3, -0.25) is 4.79 Å². The Kier molecular flexibility index (Phi) is 6.65. The Morgan fingerprint density at radius 1 is 1.29 bits per heavy atom. The number of nitrogens with one attached hydrogen (secondary N) is 1. The average molecular weight is 343 g/mol. The van der Waals surface area contributed by atoms with Gasteiger partial charge in [0.25, 0.3) is 5.91 Å².